The lowest BCUT2D eigenvalue weighted by atomic mass is 10.0. The first-order chi connectivity index (χ1) is 5.58. The molecule has 0 aromatic carbocycles. The number of carbonyl (C=O) groups is 1. The summed E-state index contributed by atoms with van der Waals surface area (Å²) in [6.45, 7) is 7.80. The van der Waals surface area contributed by atoms with Crippen molar-refractivity contribution >= 4 is 6.03 Å². The van der Waals surface area contributed by atoms with E-state index in [0.29, 0.717) is 6.54 Å². The lowest BCUT2D eigenvalue weighted by molar-refractivity contribution is 0.166. The van der Waals surface area contributed by atoms with Crippen LogP contribution in [0.15, 0.2) is 0 Å². The van der Waals surface area contributed by atoms with Crippen molar-refractivity contribution in [3.63, 3.8) is 0 Å². The SMILES string of the molecule is CCNC(=O)N1CCCC1(C)C. The summed E-state index contributed by atoms with van der Waals surface area (Å²) in [5.41, 5.74) is 0.0548. The number of hydrogen-bond acceptors (Lipinski definition) is 1. The van der Waals surface area contributed by atoms with Gasteiger partial charge in [-0.05, 0) is 33.6 Å². The standard InChI is InChI=1S/C9H18N2O/c1-4-10-8(12)11-7-5-6-9(11,2)3/h4-7H2,1-3H3,(H,10,12). The Balaban J connectivity index is 2.56. The van der Waals surface area contributed by atoms with E-state index in [4.69, 9.17) is 0 Å². The number of nitrogens with zero attached hydrogens (tertiary/aromatic N) is 1. The van der Waals surface area contributed by atoms with Crippen molar-refractivity contribution in [1.82, 2.24) is 10.2 Å². The Bertz CT molecular complexity index is 177. The highest BCUT2D eigenvalue weighted by Gasteiger charge is 2.34. The fourth-order valence-electron chi connectivity index (χ4n) is 1.73. The van der Waals surface area contributed by atoms with Crippen LogP contribution >= 0.6 is 0 Å². The van der Waals surface area contributed by atoms with E-state index in [1.54, 1.807) is 0 Å². The lowest BCUT2D eigenvalue weighted by Crippen LogP contribution is -2.47. The summed E-state index contributed by atoms with van der Waals surface area (Å²) >= 11 is 0. The molecule has 1 saturated heterocycles. The lowest BCUT2D eigenvalue weighted by Gasteiger charge is -2.31. The van der Waals surface area contributed by atoms with Crippen molar-refractivity contribution in [2.75, 3.05) is 13.1 Å². The molecule has 0 aliphatic carbocycles. The Labute approximate surface area is 74.1 Å². The Morgan fingerprint density at radius 1 is 1.58 bits per heavy atom. The summed E-state index contributed by atoms with van der Waals surface area (Å²) < 4.78 is 0. The molecule has 12 heavy (non-hydrogen) atoms. The molecule has 3 nitrogen and oxygen atoms in total. The fraction of sp³-hybridized carbons (Fsp3) is 0.889. The fourth-order valence-corrected chi connectivity index (χ4v) is 1.73. The van der Waals surface area contributed by atoms with Crippen LogP contribution in [0.2, 0.25) is 0 Å². The maximum absolute atomic E-state index is 11.5. The molecule has 2 amide bonds. The molecule has 1 heterocycles. The summed E-state index contributed by atoms with van der Waals surface area (Å²) in [4.78, 5) is 13.4. The van der Waals surface area contributed by atoms with E-state index in [1.807, 2.05) is 11.8 Å². The van der Waals surface area contributed by atoms with Crippen LogP contribution in [0.1, 0.15) is 33.6 Å². The molecule has 0 aromatic rings. The number of carbonyl (C=O) groups excluding carboxylic acids is 1. The van der Waals surface area contributed by atoms with E-state index in [0.717, 1.165) is 19.4 Å². The van der Waals surface area contributed by atoms with Crippen LogP contribution in [0, 0.1) is 0 Å². The molecule has 0 radical (unpaired) electrons. The van der Waals surface area contributed by atoms with Gasteiger partial charge < -0.3 is 10.2 Å². The summed E-state index contributed by atoms with van der Waals surface area (Å²) in [6, 6.07) is 0.0833. The molecule has 1 rings (SSSR count). The largest absolute Gasteiger partial charge is 0.338 e. The van der Waals surface area contributed by atoms with Gasteiger partial charge in [0.2, 0.25) is 0 Å². The van der Waals surface area contributed by atoms with E-state index in [-0.39, 0.29) is 11.6 Å². The molecule has 0 unspecified atom stereocenters. The van der Waals surface area contributed by atoms with Crippen LogP contribution in [0.25, 0.3) is 0 Å². The molecule has 0 bridgehead atoms. The highest BCUT2D eigenvalue weighted by atomic mass is 16.2. The number of amides is 2. The Morgan fingerprint density at radius 3 is 2.67 bits per heavy atom. The molecule has 0 spiro atoms. The molecule has 1 aliphatic rings. The molecule has 0 aromatic heterocycles. The van der Waals surface area contributed by atoms with Crippen molar-refractivity contribution in [2.45, 2.75) is 39.2 Å². The van der Waals surface area contributed by atoms with E-state index in [1.165, 1.54) is 0 Å². The molecular weight excluding hydrogens is 152 g/mol. The third-order valence-corrected chi connectivity index (χ3v) is 2.47. The van der Waals surface area contributed by atoms with Crippen LogP contribution in [0.4, 0.5) is 4.79 Å². The number of likely N-dealkylation sites (tertiary alicyclic amines) is 1. The van der Waals surface area contributed by atoms with Crippen molar-refractivity contribution in [3.8, 4) is 0 Å². The van der Waals surface area contributed by atoms with Crippen LogP contribution < -0.4 is 5.32 Å². The summed E-state index contributed by atoms with van der Waals surface area (Å²) in [5, 5.41) is 2.83. The van der Waals surface area contributed by atoms with Gasteiger partial charge in [0.1, 0.15) is 0 Å². The minimum atomic E-state index is 0.0548. The maximum Gasteiger partial charge on any atom is 0.317 e. The van der Waals surface area contributed by atoms with E-state index in [2.05, 4.69) is 19.2 Å². The van der Waals surface area contributed by atoms with Crippen LogP contribution in [0.5, 0.6) is 0 Å². The molecule has 1 fully saturated rings. The number of urea groups is 1. The molecule has 0 atom stereocenters. The first kappa shape index (κ1) is 9.36. The van der Waals surface area contributed by atoms with Crippen molar-refractivity contribution in [1.29, 1.82) is 0 Å². The van der Waals surface area contributed by atoms with E-state index < -0.39 is 0 Å². The Kier molecular flexibility index (Phi) is 2.60. The number of nitrogens with one attached hydrogen (secondary N) is 1. The smallest absolute Gasteiger partial charge is 0.317 e. The second kappa shape index (κ2) is 3.33. The van der Waals surface area contributed by atoms with Crippen molar-refractivity contribution in [2.24, 2.45) is 0 Å². The zero-order valence-electron chi connectivity index (χ0n) is 8.18. The Morgan fingerprint density at radius 2 is 2.25 bits per heavy atom. The predicted molar refractivity (Wildman–Crippen MR) is 49.1 cm³/mol. The molecule has 1 aliphatic heterocycles. The second-order valence-electron chi connectivity index (χ2n) is 3.90. The average Bonchev–Trinajstić information content (AvgIpc) is 2.30. The normalized spacial score (nSPS) is 21.1. The van der Waals surface area contributed by atoms with Gasteiger partial charge in [0.05, 0.1) is 0 Å². The summed E-state index contributed by atoms with van der Waals surface area (Å²) in [5.74, 6) is 0. The topological polar surface area (TPSA) is 32.3 Å². The van der Waals surface area contributed by atoms with Gasteiger partial charge in [0, 0.05) is 18.6 Å². The first-order valence-electron chi connectivity index (χ1n) is 4.63. The maximum atomic E-state index is 11.5. The number of rotatable bonds is 1. The van der Waals surface area contributed by atoms with Gasteiger partial charge in [0.25, 0.3) is 0 Å². The van der Waals surface area contributed by atoms with Crippen molar-refractivity contribution < 1.29 is 4.79 Å². The van der Waals surface area contributed by atoms with Crippen LogP contribution in [-0.4, -0.2) is 29.6 Å². The molecular formula is C9H18N2O. The number of hydrogen-bond donors (Lipinski definition) is 1. The predicted octanol–water partition coefficient (Wildman–Crippen LogP) is 1.59. The van der Waals surface area contributed by atoms with E-state index in [9.17, 15) is 4.79 Å². The molecule has 0 saturated carbocycles. The van der Waals surface area contributed by atoms with Gasteiger partial charge in [-0.25, -0.2) is 4.79 Å². The van der Waals surface area contributed by atoms with Gasteiger partial charge in [-0.2, -0.15) is 0 Å². The van der Waals surface area contributed by atoms with Gasteiger partial charge in [-0.15, -0.1) is 0 Å². The minimum Gasteiger partial charge on any atom is -0.338 e. The van der Waals surface area contributed by atoms with Gasteiger partial charge in [-0.3, -0.25) is 0 Å². The second-order valence-corrected chi connectivity index (χ2v) is 3.90. The van der Waals surface area contributed by atoms with Crippen molar-refractivity contribution in [3.05, 3.63) is 0 Å². The zero-order valence-corrected chi connectivity index (χ0v) is 8.18. The first-order valence-corrected chi connectivity index (χ1v) is 4.63. The van der Waals surface area contributed by atoms with Gasteiger partial charge >= 0.3 is 6.03 Å². The van der Waals surface area contributed by atoms with Gasteiger partial charge in [0.15, 0.2) is 0 Å². The molecule has 70 valence electrons. The monoisotopic (exact) mass is 170 g/mol. The third kappa shape index (κ3) is 1.71. The van der Waals surface area contributed by atoms with Crippen LogP contribution in [-0.2, 0) is 0 Å². The highest BCUT2D eigenvalue weighted by Crippen LogP contribution is 2.27. The zero-order chi connectivity index (χ0) is 9.19. The quantitative estimate of drug-likeness (QED) is 0.637. The summed E-state index contributed by atoms with van der Waals surface area (Å²) in [7, 11) is 0. The van der Waals surface area contributed by atoms with Crippen LogP contribution in [0.3, 0.4) is 0 Å². The third-order valence-electron chi connectivity index (χ3n) is 2.47. The summed E-state index contributed by atoms with van der Waals surface area (Å²) in [6.07, 6.45) is 2.24. The van der Waals surface area contributed by atoms with Gasteiger partial charge in [-0.1, -0.05) is 0 Å². The Hall–Kier alpha value is -0.730. The average molecular weight is 170 g/mol. The molecule has 3 heteroatoms. The van der Waals surface area contributed by atoms with E-state index >= 15 is 0 Å². The minimum absolute atomic E-state index is 0.0548. The highest BCUT2D eigenvalue weighted by molar-refractivity contribution is 5.75. The molecule has 1 N–H and O–H groups in total.